The lowest BCUT2D eigenvalue weighted by Gasteiger charge is -2.13. The van der Waals surface area contributed by atoms with Gasteiger partial charge < -0.3 is 4.74 Å². The zero-order chi connectivity index (χ0) is 13.8. The predicted octanol–water partition coefficient (Wildman–Crippen LogP) is 4.01. The van der Waals surface area contributed by atoms with E-state index in [1.54, 1.807) is 0 Å². The molecule has 3 nitrogen and oxygen atoms in total. The Bertz CT molecular complexity index is 567. The number of halogens is 2. The van der Waals surface area contributed by atoms with E-state index in [2.05, 4.69) is 56.0 Å². The third-order valence-electron chi connectivity index (χ3n) is 2.99. The summed E-state index contributed by atoms with van der Waals surface area (Å²) < 4.78 is 8.91. The highest BCUT2D eigenvalue weighted by molar-refractivity contribution is 9.10. The molecular weight excluding hydrogens is 372 g/mol. The lowest BCUT2D eigenvalue weighted by Crippen LogP contribution is -2.07. The molecule has 5 heteroatoms. The third kappa shape index (κ3) is 3.60. The van der Waals surface area contributed by atoms with Crippen LogP contribution in [-0.4, -0.2) is 16.4 Å². The minimum absolute atomic E-state index is 0.655. The van der Waals surface area contributed by atoms with Crippen LogP contribution in [0.15, 0.2) is 28.9 Å². The van der Waals surface area contributed by atoms with Gasteiger partial charge in [0.05, 0.1) is 6.61 Å². The Hall–Kier alpha value is -0.810. The fraction of sp³-hybridized carbons (Fsp3) is 0.357. The van der Waals surface area contributed by atoms with Crippen LogP contribution in [0.1, 0.15) is 16.8 Å². The minimum Gasteiger partial charge on any atom is -0.493 e. The Morgan fingerprint density at radius 1 is 1.37 bits per heavy atom. The fourth-order valence-electron chi connectivity index (χ4n) is 2.01. The summed E-state index contributed by atoms with van der Waals surface area (Å²) in [5.74, 6) is 0.974. The molecule has 1 heterocycles. The summed E-state index contributed by atoms with van der Waals surface area (Å²) in [6.45, 7) is 2.72. The minimum atomic E-state index is 0.655. The highest BCUT2D eigenvalue weighted by Gasteiger charge is 2.08. The van der Waals surface area contributed by atoms with Crippen molar-refractivity contribution < 1.29 is 4.74 Å². The van der Waals surface area contributed by atoms with E-state index in [-0.39, 0.29) is 0 Å². The number of alkyl halides is 1. The third-order valence-corrected chi connectivity index (χ3v) is 4.05. The molecule has 0 aliphatic carbocycles. The first-order chi connectivity index (χ1) is 9.11. The number of hydrogen-bond donors (Lipinski definition) is 0. The Labute approximate surface area is 130 Å². The molecule has 102 valence electrons. The fourth-order valence-corrected chi connectivity index (χ4v) is 3.05. The molecule has 0 fully saturated rings. The van der Waals surface area contributed by atoms with Gasteiger partial charge in [-0.15, -0.1) is 0 Å². The largest absolute Gasteiger partial charge is 0.493 e. The Morgan fingerprint density at radius 2 is 2.16 bits per heavy atom. The van der Waals surface area contributed by atoms with E-state index >= 15 is 0 Å². The van der Waals surface area contributed by atoms with Crippen LogP contribution >= 0.6 is 31.9 Å². The van der Waals surface area contributed by atoms with Crippen LogP contribution in [0, 0.1) is 6.92 Å². The molecule has 0 radical (unpaired) electrons. The molecular formula is C14H16Br2N2O. The van der Waals surface area contributed by atoms with E-state index in [0.717, 1.165) is 33.1 Å². The number of aromatic nitrogens is 2. The van der Waals surface area contributed by atoms with Gasteiger partial charge in [0.2, 0.25) is 0 Å². The zero-order valence-electron chi connectivity index (χ0n) is 11.0. The molecule has 19 heavy (non-hydrogen) atoms. The maximum Gasteiger partial charge on any atom is 0.126 e. The van der Waals surface area contributed by atoms with Gasteiger partial charge in [-0.05, 0) is 30.7 Å². The van der Waals surface area contributed by atoms with Gasteiger partial charge in [0.25, 0.3) is 0 Å². The lowest BCUT2D eigenvalue weighted by atomic mass is 10.1. The van der Waals surface area contributed by atoms with Gasteiger partial charge in [0.15, 0.2) is 0 Å². The number of benzene rings is 1. The normalized spacial score (nSPS) is 10.7. The van der Waals surface area contributed by atoms with Crippen molar-refractivity contribution in [1.82, 2.24) is 9.78 Å². The van der Waals surface area contributed by atoms with Crippen molar-refractivity contribution in [2.45, 2.75) is 18.7 Å². The monoisotopic (exact) mass is 386 g/mol. The first-order valence-electron chi connectivity index (χ1n) is 6.06. The van der Waals surface area contributed by atoms with E-state index in [9.17, 15) is 0 Å². The second-order valence-electron chi connectivity index (χ2n) is 4.39. The summed E-state index contributed by atoms with van der Waals surface area (Å²) in [5, 5.41) is 4.94. The van der Waals surface area contributed by atoms with Gasteiger partial charge in [-0.25, -0.2) is 0 Å². The summed E-state index contributed by atoms with van der Waals surface area (Å²) >= 11 is 7.01. The highest BCUT2D eigenvalue weighted by Crippen LogP contribution is 2.29. The molecule has 0 amide bonds. The molecule has 1 aromatic carbocycles. The van der Waals surface area contributed by atoms with Crippen molar-refractivity contribution in [2.75, 3.05) is 6.61 Å². The molecule has 0 atom stereocenters. The molecule has 0 aliphatic rings. The van der Waals surface area contributed by atoms with Gasteiger partial charge in [0, 0.05) is 40.7 Å². The van der Waals surface area contributed by atoms with Gasteiger partial charge in [0.1, 0.15) is 5.75 Å². The van der Waals surface area contributed by atoms with Gasteiger partial charge in [-0.2, -0.15) is 5.10 Å². The zero-order valence-corrected chi connectivity index (χ0v) is 14.2. The molecule has 0 N–H and O–H groups in total. The molecule has 0 bridgehead atoms. The second-order valence-corrected chi connectivity index (χ2v) is 5.87. The molecule has 0 unspecified atom stereocenters. The van der Waals surface area contributed by atoms with E-state index in [1.807, 2.05) is 24.0 Å². The summed E-state index contributed by atoms with van der Waals surface area (Å²) in [6, 6.07) is 6.18. The predicted molar refractivity (Wildman–Crippen MR) is 83.9 cm³/mol. The maximum absolute atomic E-state index is 5.95. The first-order valence-corrected chi connectivity index (χ1v) is 7.98. The van der Waals surface area contributed by atoms with Crippen LogP contribution in [0.4, 0.5) is 0 Å². The maximum atomic E-state index is 5.95. The highest BCUT2D eigenvalue weighted by atomic mass is 79.9. The topological polar surface area (TPSA) is 27.1 Å². The van der Waals surface area contributed by atoms with E-state index in [1.165, 1.54) is 5.69 Å². The molecule has 2 rings (SSSR count). The van der Waals surface area contributed by atoms with Crippen LogP contribution < -0.4 is 4.74 Å². The molecule has 0 aliphatic heterocycles. The standard InChI is InChI=1S/C14H16Br2N2O/c1-10-7-12(16)8-11(9-15)14(10)19-6-4-13-3-5-17-18(13)2/h3,5,7-8H,4,6,9H2,1-2H3. The van der Waals surface area contributed by atoms with Crippen molar-refractivity contribution in [1.29, 1.82) is 0 Å². The van der Waals surface area contributed by atoms with Crippen LogP contribution in [0.2, 0.25) is 0 Å². The van der Waals surface area contributed by atoms with Crippen molar-refractivity contribution in [3.05, 3.63) is 45.7 Å². The number of aryl methyl sites for hydroxylation is 2. The van der Waals surface area contributed by atoms with Gasteiger partial charge in [-0.1, -0.05) is 31.9 Å². The molecule has 0 spiro atoms. The molecule has 1 aromatic heterocycles. The Morgan fingerprint density at radius 3 is 2.79 bits per heavy atom. The molecule has 2 aromatic rings. The van der Waals surface area contributed by atoms with Crippen LogP contribution in [0.25, 0.3) is 0 Å². The van der Waals surface area contributed by atoms with Crippen molar-refractivity contribution >= 4 is 31.9 Å². The van der Waals surface area contributed by atoms with Crippen LogP contribution in [0.5, 0.6) is 5.75 Å². The quantitative estimate of drug-likeness (QED) is 0.724. The summed E-state index contributed by atoms with van der Waals surface area (Å²) in [7, 11) is 1.95. The lowest BCUT2D eigenvalue weighted by molar-refractivity contribution is 0.314. The summed E-state index contributed by atoms with van der Waals surface area (Å²) in [6.07, 6.45) is 2.66. The average Bonchev–Trinajstić information content (AvgIpc) is 2.77. The number of hydrogen-bond acceptors (Lipinski definition) is 2. The molecule has 0 saturated carbocycles. The SMILES string of the molecule is Cc1cc(Br)cc(CBr)c1OCCc1ccnn1C. The summed E-state index contributed by atoms with van der Waals surface area (Å²) in [5.41, 5.74) is 3.49. The summed E-state index contributed by atoms with van der Waals surface area (Å²) in [4.78, 5) is 0. The smallest absolute Gasteiger partial charge is 0.126 e. The van der Waals surface area contributed by atoms with Crippen molar-refractivity contribution in [3.63, 3.8) is 0 Å². The first kappa shape index (κ1) is 14.6. The van der Waals surface area contributed by atoms with E-state index in [4.69, 9.17) is 4.74 Å². The van der Waals surface area contributed by atoms with Crippen LogP contribution in [-0.2, 0) is 18.8 Å². The van der Waals surface area contributed by atoms with Gasteiger partial charge >= 0.3 is 0 Å². The van der Waals surface area contributed by atoms with E-state index < -0.39 is 0 Å². The molecule has 0 saturated heterocycles. The Kier molecular flexibility index (Phi) is 5.05. The van der Waals surface area contributed by atoms with Crippen molar-refractivity contribution in [2.24, 2.45) is 7.05 Å². The second kappa shape index (κ2) is 6.57. The van der Waals surface area contributed by atoms with Gasteiger partial charge in [-0.3, -0.25) is 4.68 Å². The number of rotatable bonds is 5. The number of ether oxygens (including phenoxy) is 1. The van der Waals surface area contributed by atoms with E-state index in [0.29, 0.717) is 6.61 Å². The Balaban J connectivity index is 2.05. The average molecular weight is 388 g/mol. The number of nitrogens with zero attached hydrogens (tertiary/aromatic N) is 2. The van der Waals surface area contributed by atoms with Crippen molar-refractivity contribution in [3.8, 4) is 5.75 Å². The van der Waals surface area contributed by atoms with Crippen LogP contribution in [0.3, 0.4) is 0 Å².